The molecular formula is C15H23NO3. The van der Waals surface area contributed by atoms with E-state index in [0.717, 1.165) is 11.4 Å². The number of carbonyl (C=O) groups is 1. The summed E-state index contributed by atoms with van der Waals surface area (Å²) in [6.45, 7) is 7.11. The Morgan fingerprint density at radius 2 is 1.84 bits per heavy atom. The van der Waals surface area contributed by atoms with Gasteiger partial charge in [0.25, 0.3) is 0 Å². The number of rotatable bonds is 7. The van der Waals surface area contributed by atoms with Crippen molar-refractivity contribution in [2.45, 2.75) is 20.8 Å². The first-order chi connectivity index (χ1) is 8.90. The maximum atomic E-state index is 10.8. The van der Waals surface area contributed by atoms with Crippen molar-refractivity contribution in [3.05, 3.63) is 24.3 Å². The fraction of sp³-hybridized carbons (Fsp3) is 0.533. The number of hydrogen-bond acceptors (Lipinski definition) is 3. The van der Waals surface area contributed by atoms with Crippen LogP contribution in [0, 0.1) is 11.8 Å². The number of aliphatic carboxylic acids is 1. The van der Waals surface area contributed by atoms with Crippen LogP contribution in [0.5, 0.6) is 5.75 Å². The van der Waals surface area contributed by atoms with E-state index >= 15 is 0 Å². The quantitative estimate of drug-likeness (QED) is 0.823. The van der Waals surface area contributed by atoms with E-state index in [0.29, 0.717) is 19.1 Å². The molecule has 0 spiro atoms. The number of carboxylic acids is 1. The van der Waals surface area contributed by atoms with Gasteiger partial charge < -0.3 is 14.7 Å². The molecule has 0 saturated heterocycles. The molecule has 0 saturated carbocycles. The molecule has 0 aromatic heterocycles. The standard InChI is InChI=1S/C15H23NO3/c1-11(2)10-19-14-7-5-13(6-8-14)16(4)9-12(3)15(17)18/h5-8,11-12H,9-10H2,1-4H3,(H,17,18). The topological polar surface area (TPSA) is 49.8 Å². The van der Waals surface area contributed by atoms with Crippen LogP contribution in [0.15, 0.2) is 24.3 Å². The van der Waals surface area contributed by atoms with Crippen molar-refractivity contribution >= 4 is 11.7 Å². The van der Waals surface area contributed by atoms with Gasteiger partial charge in [0.05, 0.1) is 12.5 Å². The normalized spacial score (nSPS) is 12.3. The molecule has 106 valence electrons. The molecule has 1 rings (SSSR count). The minimum absolute atomic E-state index is 0.387. The van der Waals surface area contributed by atoms with E-state index in [4.69, 9.17) is 9.84 Å². The van der Waals surface area contributed by atoms with E-state index in [1.165, 1.54) is 0 Å². The van der Waals surface area contributed by atoms with Crippen LogP contribution in [-0.4, -0.2) is 31.3 Å². The molecular weight excluding hydrogens is 242 g/mol. The Morgan fingerprint density at radius 3 is 2.32 bits per heavy atom. The van der Waals surface area contributed by atoms with Gasteiger partial charge in [-0.05, 0) is 30.2 Å². The number of benzene rings is 1. The Kier molecular flexibility index (Phi) is 5.67. The molecule has 0 heterocycles. The minimum atomic E-state index is -0.774. The minimum Gasteiger partial charge on any atom is -0.493 e. The van der Waals surface area contributed by atoms with Crippen molar-refractivity contribution < 1.29 is 14.6 Å². The Bertz CT molecular complexity index is 400. The van der Waals surface area contributed by atoms with Crippen LogP contribution < -0.4 is 9.64 Å². The maximum Gasteiger partial charge on any atom is 0.308 e. The lowest BCUT2D eigenvalue weighted by Gasteiger charge is -2.21. The van der Waals surface area contributed by atoms with Crippen molar-refractivity contribution in [2.24, 2.45) is 11.8 Å². The fourth-order valence-electron chi connectivity index (χ4n) is 1.65. The molecule has 1 unspecified atom stereocenters. The number of hydrogen-bond donors (Lipinski definition) is 1. The average Bonchev–Trinajstić information content (AvgIpc) is 2.36. The summed E-state index contributed by atoms with van der Waals surface area (Å²) in [5.41, 5.74) is 0.991. The summed E-state index contributed by atoms with van der Waals surface area (Å²) in [5.74, 6) is 0.182. The molecule has 1 aromatic rings. The van der Waals surface area contributed by atoms with Crippen molar-refractivity contribution in [2.75, 3.05) is 25.1 Å². The van der Waals surface area contributed by atoms with Crippen LogP contribution in [0.1, 0.15) is 20.8 Å². The lowest BCUT2D eigenvalue weighted by atomic mass is 10.1. The van der Waals surface area contributed by atoms with Crippen molar-refractivity contribution in [3.63, 3.8) is 0 Å². The predicted molar refractivity (Wildman–Crippen MR) is 76.8 cm³/mol. The molecule has 0 amide bonds. The monoisotopic (exact) mass is 265 g/mol. The summed E-state index contributed by atoms with van der Waals surface area (Å²) in [7, 11) is 1.89. The molecule has 0 aliphatic heterocycles. The van der Waals surface area contributed by atoms with E-state index in [1.54, 1.807) is 6.92 Å². The second-order valence-corrected chi connectivity index (χ2v) is 5.32. The van der Waals surface area contributed by atoms with Crippen LogP contribution >= 0.6 is 0 Å². The molecule has 1 N–H and O–H groups in total. The van der Waals surface area contributed by atoms with Crippen LogP contribution in [0.25, 0.3) is 0 Å². The second kappa shape index (κ2) is 7.02. The fourth-order valence-corrected chi connectivity index (χ4v) is 1.65. The number of carboxylic acid groups (broad SMARTS) is 1. The zero-order chi connectivity index (χ0) is 14.4. The third kappa shape index (κ3) is 5.20. The van der Waals surface area contributed by atoms with Gasteiger partial charge in [0.15, 0.2) is 0 Å². The smallest absolute Gasteiger partial charge is 0.308 e. The maximum absolute atomic E-state index is 10.8. The summed E-state index contributed by atoms with van der Waals surface area (Å²) in [6, 6.07) is 7.73. The van der Waals surface area contributed by atoms with Gasteiger partial charge >= 0.3 is 5.97 Å². The molecule has 0 aliphatic rings. The summed E-state index contributed by atoms with van der Waals surface area (Å²) in [4.78, 5) is 12.8. The first-order valence-electron chi connectivity index (χ1n) is 6.57. The highest BCUT2D eigenvalue weighted by Crippen LogP contribution is 2.19. The summed E-state index contributed by atoms with van der Waals surface area (Å²) < 4.78 is 5.61. The zero-order valence-corrected chi connectivity index (χ0v) is 12.1. The third-order valence-electron chi connectivity index (χ3n) is 2.83. The van der Waals surface area contributed by atoms with E-state index in [9.17, 15) is 4.79 Å². The SMILES string of the molecule is CC(C)COc1ccc(N(C)CC(C)C(=O)O)cc1. The molecule has 19 heavy (non-hydrogen) atoms. The van der Waals surface area contributed by atoms with Gasteiger partial charge in [-0.3, -0.25) is 4.79 Å². The van der Waals surface area contributed by atoms with Crippen molar-refractivity contribution in [1.82, 2.24) is 0 Å². The number of anilines is 1. The Labute approximate surface area is 115 Å². The predicted octanol–water partition coefficient (Wildman–Crippen LogP) is 2.88. The van der Waals surface area contributed by atoms with Crippen molar-refractivity contribution in [1.29, 1.82) is 0 Å². The van der Waals surface area contributed by atoms with E-state index < -0.39 is 5.97 Å². The Morgan fingerprint density at radius 1 is 1.26 bits per heavy atom. The molecule has 0 fully saturated rings. The molecule has 0 aliphatic carbocycles. The summed E-state index contributed by atoms with van der Waals surface area (Å²) in [6.07, 6.45) is 0. The lowest BCUT2D eigenvalue weighted by Crippen LogP contribution is -2.28. The first kappa shape index (κ1) is 15.3. The van der Waals surface area contributed by atoms with Gasteiger partial charge in [0.1, 0.15) is 5.75 Å². The Balaban J connectivity index is 2.57. The molecule has 0 radical (unpaired) electrons. The molecule has 4 heteroatoms. The Hall–Kier alpha value is -1.71. The number of ether oxygens (including phenoxy) is 1. The largest absolute Gasteiger partial charge is 0.493 e. The van der Waals surface area contributed by atoms with E-state index in [1.807, 2.05) is 36.2 Å². The summed E-state index contributed by atoms with van der Waals surface area (Å²) in [5, 5.41) is 8.90. The van der Waals surface area contributed by atoms with Gasteiger partial charge in [0.2, 0.25) is 0 Å². The second-order valence-electron chi connectivity index (χ2n) is 5.32. The molecule has 1 atom stereocenters. The van der Waals surface area contributed by atoms with Crippen LogP contribution in [0.2, 0.25) is 0 Å². The van der Waals surface area contributed by atoms with Gasteiger partial charge in [-0.25, -0.2) is 0 Å². The van der Waals surface area contributed by atoms with Gasteiger partial charge in [-0.1, -0.05) is 20.8 Å². The highest BCUT2D eigenvalue weighted by Gasteiger charge is 2.13. The van der Waals surface area contributed by atoms with Crippen molar-refractivity contribution in [3.8, 4) is 5.75 Å². The molecule has 1 aromatic carbocycles. The zero-order valence-electron chi connectivity index (χ0n) is 12.1. The van der Waals surface area contributed by atoms with Crippen LogP contribution in [0.3, 0.4) is 0 Å². The lowest BCUT2D eigenvalue weighted by molar-refractivity contribution is -0.140. The molecule has 4 nitrogen and oxygen atoms in total. The van der Waals surface area contributed by atoms with Gasteiger partial charge in [-0.15, -0.1) is 0 Å². The highest BCUT2D eigenvalue weighted by atomic mass is 16.5. The third-order valence-corrected chi connectivity index (χ3v) is 2.83. The highest BCUT2D eigenvalue weighted by molar-refractivity contribution is 5.70. The van der Waals surface area contributed by atoms with E-state index in [-0.39, 0.29) is 5.92 Å². The van der Waals surface area contributed by atoms with Crippen LogP contribution in [0.4, 0.5) is 5.69 Å². The molecule has 0 bridgehead atoms. The first-order valence-corrected chi connectivity index (χ1v) is 6.57. The number of nitrogens with zero attached hydrogens (tertiary/aromatic N) is 1. The van der Waals surface area contributed by atoms with Crippen LogP contribution in [-0.2, 0) is 4.79 Å². The van der Waals surface area contributed by atoms with E-state index in [2.05, 4.69) is 13.8 Å². The van der Waals surface area contributed by atoms with Gasteiger partial charge in [-0.2, -0.15) is 0 Å². The average molecular weight is 265 g/mol. The van der Waals surface area contributed by atoms with Gasteiger partial charge in [0, 0.05) is 19.3 Å². The summed E-state index contributed by atoms with van der Waals surface area (Å²) >= 11 is 0.